The third kappa shape index (κ3) is 7.84. The maximum atomic E-state index is 12.9. The molecule has 0 saturated carbocycles. The highest BCUT2D eigenvalue weighted by Gasteiger charge is 2.36. The molecule has 0 unspecified atom stereocenters. The summed E-state index contributed by atoms with van der Waals surface area (Å²) in [5.41, 5.74) is 1.53. The molecule has 3 rings (SSSR count). The highest BCUT2D eigenvalue weighted by atomic mass is 32.2. The summed E-state index contributed by atoms with van der Waals surface area (Å²) in [4.78, 5) is 14.1. The second-order valence-corrected chi connectivity index (χ2v) is 11.1. The minimum absolute atomic E-state index is 0.00363. The number of fused-ring (bicyclic) bond motifs is 1. The number of hydrogen-bond acceptors (Lipinski definition) is 10. The Bertz CT molecular complexity index is 1230. The smallest absolute Gasteiger partial charge is 0.404 e. The lowest BCUT2D eigenvalue weighted by Gasteiger charge is -2.38. The van der Waals surface area contributed by atoms with Crippen LogP contribution in [-0.4, -0.2) is 55.7 Å². The van der Waals surface area contributed by atoms with E-state index in [0.717, 1.165) is 48.4 Å². The van der Waals surface area contributed by atoms with E-state index in [-0.39, 0.29) is 34.2 Å². The molecule has 0 atom stereocenters. The second-order valence-electron chi connectivity index (χ2n) is 8.47. The van der Waals surface area contributed by atoms with Crippen LogP contribution in [0.15, 0.2) is 22.4 Å². The minimum atomic E-state index is -4.92. The number of carbonyl (C=O) groups is 1. The van der Waals surface area contributed by atoms with E-state index in [2.05, 4.69) is 25.3 Å². The average Bonchev–Trinajstić information content (AvgIpc) is 3.29. The third-order valence-corrected chi connectivity index (χ3v) is 7.65. The number of nitrogens with zero attached hydrogens (tertiary/aromatic N) is 5. The van der Waals surface area contributed by atoms with Gasteiger partial charge >= 0.3 is 12.1 Å². The van der Waals surface area contributed by atoms with E-state index in [1.165, 1.54) is 6.07 Å². The van der Waals surface area contributed by atoms with E-state index in [1.807, 2.05) is 25.5 Å². The second kappa shape index (κ2) is 12.2. The zero-order valence-electron chi connectivity index (χ0n) is 20.7. The molecule has 1 aromatic carbocycles. The monoisotopic (exact) mass is 562 g/mol. The lowest BCUT2D eigenvalue weighted by Crippen LogP contribution is -2.38. The summed E-state index contributed by atoms with van der Waals surface area (Å²) < 4.78 is 70.3. The van der Waals surface area contributed by atoms with Crippen LogP contribution in [0.25, 0.3) is 0 Å². The maximum absolute atomic E-state index is 12.9. The van der Waals surface area contributed by atoms with Crippen molar-refractivity contribution >= 4 is 49.5 Å². The maximum Gasteiger partial charge on any atom is 0.404 e. The van der Waals surface area contributed by atoms with Crippen LogP contribution >= 0.6 is 11.3 Å². The molecule has 0 saturated heterocycles. The molecule has 0 radical (unpaired) electrons. The summed E-state index contributed by atoms with van der Waals surface area (Å²) in [5, 5.41) is 15.5. The van der Waals surface area contributed by atoms with Gasteiger partial charge in [-0.25, -0.2) is 13.2 Å². The number of nitrogens with one attached hydrogen (secondary N) is 1. The van der Waals surface area contributed by atoms with Crippen molar-refractivity contribution in [2.45, 2.75) is 65.1 Å². The Hall–Kier alpha value is -2.81. The van der Waals surface area contributed by atoms with Crippen molar-refractivity contribution in [1.82, 2.24) is 10.2 Å². The molecule has 0 bridgehead atoms. The van der Waals surface area contributed by atoms with Gasteiger partial charge < -0.3 is 9.64 Å². The van der Waals surface area contributed by atoms with E-state index >= 15 is 0 Å². The van der Waals surface area contributed by atoms with Gasteiger partial charge in [0.25, 0.3) is 5.13 Å². The van der Waals surface area contributed by atoms with Gasteiger partial charge in [0.05, 0.1) is 12.3 Å². The van der Waals surface area contributed by atoms with E-state index < -0.39 is 27.9 Å². The Morgan fingerprint density at radius 2 is 1.95 bits per heavy atom. The standard InChI is InChI=1S/C22H29F3N6O4S2/c1-4-10-35-20(32)19-27-29-21(36-19)28-26-16-11-14-8-7-9-31(15(5-2)6-3)18(14)12-17(16)30-37(33,34)13-22(23,24)25/h11-12,15,30H,4-10,13H2,1-3H3. The number of sulfonamides is 1. The quantitative estimate of drug-likeness (QED) is 0.272. The van der Waals surface area contributed by atoms with Crippen LogP contribution in [0.1, 0.15) is 61.8 Å². The Labute approximate surface area is 217 Å². The number of carbonyl (C=O) groups excluding carboxylic acids is 1. The number of halogens is 3. The molecule has 0 spiro atoms. The van der Waals surface area contributed by atoms with E-state index in [4.69, 9.17) is 4.74 Å². The molecular formula is C22H29F3N6O4S2. The average molecular weight is 563 g/mol. The van der Waals surface area contributed by atoms with Crippen molar-refractivity contribution in [3.8, 4) is 0 Å². The zero-order chi connectivity index (χ0) is 27.2. The molecule has 1 aromatic heterocycles. The number of azo groups is 1. The number of esters is 1. The number of benzene rings is 1. The van der Waals surface area contributed by atoms with Crippen molar-refractivity contribution in [2.75, 3.05) is 28.5 Å². The summed E-state index contributed by atoms with van der Waals surface area (Å²) in [6, 6.07) is 3.33. The Balaban J connectivity index is 1.99. The van der Waals surface area contributed by atoms with Gasteiger partial charge in [-0.2, -0.15) is 13.2 Å². The molecule has 1 aliphatic rings. The fourth-order valence-corrected chi connectivity index (χ4v) is 5.59. The predicted octanol–water partition coefficient (Wildman–Crippen LogP) is 5.77. The summed E-state index contributed by atoms with van der Waals surface area (Å²) in [5.74, 6) is -2.69. The number of ether oxygens (including phenoxy) is 1. The Morgan fingerprint density at radius 3 is 2.59 bits per heavy atom. The third-order valence-electron chi connectivity index (χ3n) is 5.62. The van der Waals surface area contributed by atoms with E-state index in [1.54, 1.807) is 6.07 Å². The highest BCUT2D eigenvalue weighted by Crippen LogP contribution is 2.40. The van der Waals surface area contributed by atoms with Gasteiger partial charge in [-0.3, -0.25) is 4.72 Å². The van der Waals surface area contributed by atoms with Gasteiger partial charge in [-0.15, -0.1) is 20.4 Å². The summed E-state index contributed by atoms with van der Waals surface area (Å²) in [6.45, 7) is 6.91. The van der Waals surface area contributed by atoms with Crippen LogP contribution in [0.2, 0.25) is 0 Å². The molecule has 15 heteroatoms. The first-order chi connectivity index (χ1) is 17.5. The first-order valence-electron chi connectivity index (χ1n) is 11.9. The lowest BCUT2D eigenvalue weighted by atomic mass is 9.97. The van der Waals surface area contributed by atoms with Crippen LogP contribution in [0.3, 0.4) is 0 Å². The number of aryl methyl sites for hydroxylation is 1. The van der Waals surface area contributed by atoms with Gasteiger partial charge in [-0.1, -0.05) is 32.1 Å². The van der Waals surface area contributed by atoms with Crippen molar-refractivity contribution in [1.29, 1.82) is 0 Å². The van der Waals surface area contributed by atoms with Crippen LogP contribution in [-0.2, 0) is 21.2 Å². The molecule has 1 N–H and O–H groups in total. The van der Waals surface area contributed by atoms with Crippen molar-refractivity contribution < 1.29 is 31.1 Å². The zero-order valence-corrected chi connectivity index (χ0v) is 22.3. The molecule has 0 aliphatic carbocycles. The first-order valence-corrected chi connectivity index (χ1v) is 14.4. The predicted molar refractivity (Wildman–Crippen MR) is 135 cm³/mol. The number of anilines is 2. The minimum Gasteiger partial charge on any atom is -0.460 e. The van der Waals surface area contributed by atoms with Crippen LogP contribution in [0.5, 0.6) is 0 Å². The van der Waals surface area contributed by atoms with Gasteiger partial charge in [0, 0.05) is 18.3 Å². The number of alkyl halides is 3. The Kier molecular flexibility index (Phi) is 9.45. The van der Waals surface area contributed by atoms with E-state index in [9.17, 15) is 26.4 Å². The molecule has 204 valence electrons. The molecule has 2 aromatic rings. The van der Waals surface area contributed by atoms with Crippen LogP contribution in [0, 0.1) is 0 Å². The summed E-state index contributed by atoms with van der Waals surface area (Å²) in [7, 11) is -4.77. The van der Waals surface area contributed by atoms with Gasteiger partial charge in [-0.05, 0) is 49.8 Å². The first kappa shape index (κ1) is 28.8. The molecule has 37 heavy (non-hydrogen) atoms. The largest absolute Gasteiger partial charge is 0.460 e. The lowest BCUT2D eigenvalue weighted by molar-refractivity contribution is -0.106. The normalized spacial score (nSPS) is 14.3. The SMILES string of the molecule is CCCOC(=O)c1nnc(N=Nc2cc3c(cc2NS(=O)(=O)CC(F)(F)F)N(C(CC)CC)CCC3)s1. The number of hydrogen-bond donors (Lipinski definition) is 1. The fraction of sp³-hybridized carbons (Fsp3) is 0.591. The van der Waals surface area contributed by atoms with Crippen LogP contribution < -0.4 is 9.62 Å². The van der Waals surface area contributed by atoms with E-state index in [0.29, 0.717) is 12.8 Å². The molecular weight excluding hydrogens is 533 g/mol. The van der Waals surface area contributed by atoms with Gasteiger partial charge in [0.15, 0.2) is 5.75 Å². The van der Waals surface area contributed by atoms with Crippen molar-refractivity contribution in [3.63, 3.8) is 0 Å². The van der Waals surface area contributed by atoms with Crippen molar-refractivity contribution in [3.05, 3.63) is 22.7 Å². The molecule has 2 heterocycles. The fourth-order valence-electron chi connectivity index (χ4n) is 4.03. The molecule has 1 aliphatic heterocycles. The van der Waals surface area contributed by atoms with Crippen molar-refractivity contribution in [2.24, 2.45) is 10.2 Å². The highest BCUT2D eigenvalue weighted by molar-refractivity contribution is 7.92. The Morgan fingerprint density at radius 1 is 1.22 bits per heavy atom. The molecule has 0 fully saturated rings. The van der Waals surface area contributed by atoms with Crippen LogP contribution in [0.4, 0.5) is 35.4 Å². The molecule has 0 amide bonds. The topological polar surface area (TPSA) is 126 Å². The number of aromatic nitrogens is 2. The summed E-state index contributed by atoms with van der Waals surface area (Å²) >= 11 is 0.824. The number of rotatable bonds is 11. The molecule has 10 nitrogen and oxygen atoms in total. The van der Waals surface area contributed by atoms with Gasteiger partial charge in [0.1, 0.15) is 5.69 Å². The summed E-state index contributed by atoms with van der Waals surface area (Å²) in [6.07, 6.45) is -1.02. The van der Waals surface area contributed by atoms with Gasteiger partial charge in [0.2, 0.25) is 15.0 Å².